The molecule has 1 aromatic carbocycles. The monoisotopic (exact) mass is 277 g/mol. The van der Waals surface area contributed by atoms with Crippen LogP contribution in [0.3, 0.4) is 0 Å². The molecule has 20 heavy (non-hydrogen) atoms. The summed E-state index contributed by atoms with van der Waals surface area (Å²) in [6.45, 7) is 6.71. The highest BCUT2D eigenvalue weighted by Crippen LogP contribution is 2.44. The highest BCUT2D eigenvalue weighted by molar-refractivity contribution is 5.44. The minimum atomic E-state index is -0.131. The van der Waals surface area contributed by atoms with Crippen molar-refractivity contribution in [3.05, 3.63) is 23.8 Å². The van der Waals surface area contributed by atoms with Crippen molar-refractivity contribution in [3.63, 3.8) is 0 Å². The molecule has 2 unspecified atom stereocenters. The second-order valence-corrected chi connectivity index (χ2v) is 6.07. The Morgan fingerprint density at radius 1 is 1.45 bits per heavy atom. The molecule has 0 radical (unpaired) electrons. The van der Waals surface area contributed by atoms with Crippen molar-refractivity contribution >= 4 is 0 Å². The molecule has 1 heterocycles. The lowest BCUT2D eigenvalue weighted by Crippen LogP contribution is -2.43. The maximum Gasteiger partial charge on any atom is 0.128 e. The number of hydrogen-bond donors (Lipinski definition) is 1. The lowest BCUT2D eigenvalue weighted by molar-refractivity contribution is 0.0102. The molecule has 3 atom stereocenters. The highest BCUT2D eigenvalue weighted by Gasteiger charge is 2.39. The van der Waals surface area contributed by atoms with E-state index in [1.165, 1.54) is 6.42 Å². The van der Waals surface area contributed by atoms with Gasteiger partial charge < -0.3 is 15.2 Å². The quantitative estimate of drug-likeness (QED) is 0.882. The minimum Gasteiger partial charge on any atom is -0.497 e. The molecule has 112 valence electrons. The third-order valence-electron chi connectivity index (χ3n) is 4.60. The molecule has 0 saturated carbocycles. The second-order valence-electron chi connectivity index (χ2n) is 6.07. The van der Waals surface area contributed by atoms with Crippen molar-refractivity contribution in [1.82, 2.24) is 0 Å². The SMILES string of the molecule is CCC(C)CC1(CC)C[C@H](N)c2ccc(OC)cc2O1. The van der Waals surface area contributed by atoms with E-state index in [-0.39, 0.29) is 11.6 Å². The van der Waals surface area contributed by atoms with Gasteiger partial charge in [0.05, 0.1) is 7.11 Å². The molecular formula is C17H27NO2. The largest absolute Gasteiger partial charge is 0.497 e. The van der Waals surface area contributed by atoms with Crippen LogP contribution < -0.4 is 15.2 Å². The van der Waals surface area contributed by atoms with E-state index in [1.54, 1.807) is 7.11 Å². The molecular weight excluding hydrogens is 250 g/mol. The lowest BCUT2D eigenvalue weighted by atomic mass is 9.79. The van der Waals surface area contributed by atoms with E-state index in [0.29, 0.717) is 5.92 Å². The van der Waals surface area contributed by atoms with Gasteiger partial charge in [-0.1, -0.05) is 33.3 Å². The summed E-state index contributed by atoms with van der Waals surface area (Å²) in [6, 6.07) is 6.00. The van der Waals surface area contributed by atoms with Gasteiger partial charge in [-0.3, -0.25) is 0 Å². The molecule has 0 aromatic heterocycles. The van der Waals surface area contributed by atoms with Crippen LogP contribution in [0, 0.1) is 5.92 Å². The fourth-order valence-corrected chi connectivity index (χ4v) is 3.09. The molecule has 0 bridgehead atoms. The molecule has 1 aromatic rings. The lowest BCUT2D eigenvalue weighted by Gasteiger charge is -2.42. The molecule has 0 spiro atoms. The van der Waals surface area contributed by atoms with Crippen LogP contribution in [-0.2, 0) is 0 Å². The second kappa shape index (κ2) is 6.04. The Hall–Kier alpha value is -1.22. The zero-order chi connectivity index (χ0) is 14.8. The molecule has 0 aliphatic carbocycles. The van der Waals surface area contributed by atoms with E-state index in [4.69, 9.17) is 15.2 Å². The van der Waals surface area contributed by atoms with E-state index in [9.17, 15) is 0 Å². The standard InChI is InChI=1S/C17H27NO2/c1-5-12(3)10-17(6-2)11-15(18)14-8-7-13(19-4)9-16(14)20-17/h7-9,12,15H,5-6,10-11,18H2,1-4H3/t12?,15-,17?/m0/s1. The van der Waals surface area contributed by atoms with Crippen LogP contribution in [0.15, 0.2) is 18.2 Å². The van der Waals surface area contributed by atoms with E-state index in [0.717, 1.165) is 36.3 Å². The summed E-state index contributed by atoms with van der Waals surface area (Å²) in [4.78, 5) is 0. The van der Waals surface area contributed by atoms with Gasteiger partial charge in [-0.15, -0.1) is 0 Å². The van der Waals surface area contributed by atoms with Crippen molar-refractivity contribution in [2.45, 2.75) is 58.1 Å². The van der Waals surface area contributed by atoms with Crippen LogP contribution in [0.1, 0.15) is 58.1 Å². The van der Waals surface area contributed by atoms with Crippen molar-refractivity contribution in [2.75, 3.05) is 7.11 Å². The van der Waals surface area contributed by atoms with Crippen molar-refractivity contribution in [1.29, 1.82) is 0 Å². The minimum absolute atomic E-state index is 0.0497. The van der Waals surface area contributed by atoms with Crippen molar-refractivity contribution < 1.29 is 9.47 Å². The molecule has 0 saturated heterocycles. The van der Waals surface area contributed by atoms with E-state index in [2.05, 4.69) is 20.8 Å². The molecule has 1 aliphatic rings. The van der Waals surface area contributed by atoms with Gasteiger partial charge in [0.25, 0.3) is 0 Å². The molecule has 0 amide bonds. The summed E-state index contributed by atoms with van der Waals surface area (Å²) in [5, 5.41) is 0. The summed E-state index contributed by atoms with van der Waals surface area (Å²) < 4.78 is 11.7. The molecule has 0 fully saturated rings. The maximum absolute atomic E-state index is 6.39. The third kappa shape index (κ3) is 2.93. The van der Waals surface area contributed by atoms with Gasteiger partial charge in [0.1, 0.15) is 17.1 Å². The van der Waals surface area contributed by atoms with Gasteiger partial charge >= 0.3 is 0 Å². The van der Waals surface area contributed by atoms with Crippen LogP contribution in [0.2, 0.25) is 0 Å². The van der Waals surface area contributed by atoms with E-state index >= 15 is 0 Å². The molecule has 3 nitrogen and oxygen atoms in total. The Morgan fingerprint density at radius 2 is 2.20 bits per heavy atom. The van der Waals surface area contributed by atoms with Gasteiger partial charge in [0, 0.05) is 24.1 Å². The average Bonchev–Trinajstić information content (AvgIpc) is 2.46. The van der Waals surface area contributed by atoms with Gasteiger partial charge in [-0.25, -0.2) is 0 Å². The van der Waals surface area contributed by atoms with E-state index in [1.807, 2.05) is 18.2 Å². The summed E-state index contributed by atoms with van der Waals surface area (Å²) >= 11 is 0. The first-order valence-electron chi connectivity index (χ1n) is 7.66. The Kier molecular flexibility index (Phi) is 4.59. The Labute approximate surface area is 122 Å². The average molecular weight is 277 g/mol. The van der Waals surface area contributed by atoms with Crippen LogP contribution in [0.5, 0.6) is 11.5 Å². The van der Waals surface area contributed by atoms with Gasteiger partial charge in [0.15, 0.2) is 0 Å². The van der Waals surface area contributed by atoms with Gasteiger partial charge in [0.2, 0.25) is 0 Å². The summed E-state index contributed by atoms with van der Waals surface area (Å²) in [6.07, 6.45) is 4.12. The Bertz CT molecular complexity index is 460. The normalized spacial score (nSPS) is 26.6. The number of fused-ring (bicyclic) bond motifs is 1. The third-order valence-corrected chi connectivity index (χ3v) is 4.60. The van der Waals surface area contributed by atoms with Crippen LogP contribution in [0.25, 0.3) is 0 Å². The number of hydrogen-bond acceptors (Lipinski definition) is 3. The first kappa shape index (κ1) is 15.2. The number of ether oxygens (including phenoxy) is 2. The Balaban J connectivity index is 2.31. The first-order chi connectivity index (χ1) is 9.53. The van der Waals surface area contributed by atoms with E-state index < -0.39 is 0 Å². The molecule has 2 rings (SSSR count). The number of methoxy groups -OCH3 is 1. The topological polar surface area (TPSA) is 44.5 Å². The molecule has 1 aliphatic heterocycles. The first-order valence-corrected chi connectivity index (χ1v) is 7.66. The smallest absolute Gasteiger partial charge is 0.128 e. The van der Waals surface area contributed by atoms with Crippen LogP contribution in [-0.4, -0.2) is 12.7 Å². The molecule has 3 heteroatoms. The van der Waals surface area contributed by atoms with Gasteiger partial charge in [-0.2, -0.15) is 0 Å². The van der Waals surface area contributed by atoms with Crippen molar-refractivity contribution in [3.8, 4) is 11.5 Å². The van der Waals surface area contributed by atoms with Crippen LogP contribution in [0.4, 0.5) is 0 Å². The number of benzene rings is 1. The zero-order valence-electron chi connectivity index (χ0n) is 13.1. The maximum atomic E-state index is 6.39. The van der Waals surface area contributed by atoms with Crippen LogP contribution >= 0.6 is 0 Å². The predicted octanol–water partition coefficient (Wildman–Crippen LogP) is 4.06. The number of nitrogens with two attached hydrogens (primary N) is 1. The zero-order valence-corrected chi connectivity index (χ0v) is 13.1. The Morgan fingerprint density at radius 3 is 2.80 bits per heavy atom. The highest BCUT2D eigenvalue weighted by atomic mass is 16.5. The van der Waals surface area contributed by atoms with Crippen molar-refractivity contribution in [2.24, 2.45) is 11.7 Å². The number of rotatable bonds is 5. The summed E-state index contributed by atoms with van der Waals surface area (Å²) in [5.74, 6) is 2.37. The molecule has 2 N–H and O–H groups in total. The predicted molar refractivity (Wildman–Crippen MR) is 82.3 cm³/mol. The van der Waals surface area contributed by atoms with Gasteiger partial charge in [-0.05, 0) is 24.8 Å². The fraction of sp³-hybridized carbons (Fsp3) is 0.647. The fourth-order valence-electron chi connectivity index (χ4n) is 3.09. The summed E-state index contributed by atoms with van der Waals surface area (Å²) in [7, 11) is 1.68. The summed E-state index contributed by atoms with van der Waals surface area (Å²) in [5.41, 5.74) is 7.35.